The highest BCUT2D eigenvalue weighted by Crippen LogP contribution is 2.22. The van der Waals surface area contributed by atoms with Gasteiger partial charge >= 0.3 is 0 Å². The first-order valence-corrected chi connectivity index (χ1v) is 7.23. The molecule has 6 heteroatoms. The zero-order valence-electron chi connectivity index (χ0n) is 12.9. The van der Waals surface area contributed by atoms with Gasteiger partial charge in [-0.15, -0.1) is 0 Å². The summed E-state index contributed by atoms with van der Waals surface area (Å²) < 4.78 is 0. The SMILES string of the molecule is CC(C)(C)c1ccc(C(=O)NC(=S)NCC(=O)CC#N)cc1. The summed E-state index contributed by atoms with van der Waals surface area (Å²) >= 11 is 4.94. The van der Waals surface area contributed by atoms with Crippen molar-refractivity contribution in [3.05, 3.63) is 35.4 Å². The fourth-order valence-corrected chi connectivity index (χ4v) is 1.84. The van der Waals surface area contributed by atoms with Crippen molar-refractivity contribution in [1.82, 2.24) is 10.6 Å². The van der Waals surface area contributed by atoms with Gasteiger partial charge in [0.1, 0.15) is 0 Å². The van der Waals surface area contributed by atoms with Crippen LogP contribution in [-0.2, 0) is 10.2 Å². The molecule has 1 aromatic rings. The third-order valence-corrected chi connectivity index (χ3v) is 3.21. The quantitative estimate of drug-likeness (QED) is 0.831. The van der Waals surface area contributed by atoms with Crippen LogP contribution in [0, 0.1) is 11.3 Å². The van der Waals surface area contributed by atoms with Crippen LogP contribution >= 0.6 is 12.2 Å². The molecule has 2 N–H and O–H groups in total. The molecule has 0 aliphatic heterocycles. The average Bonchev–Trinajstić information content (AvgIpc) is 2.44. The Kier molecular flexibility index (Phi) is 6.20. The first kappa shape index (κ1) is 17.8. The molecule has 5 nitrogen and oxygen atoms in total. The Morgan fingerprint density at radius 3 is 2.32 bits per heavy atom. The van der Waals surface area contributed by atoms with Crippen molar-refractivity contribution in [3.8, 4) is 6.07 Å². The molecule has 22 heavy (non-hydrogen) atoms. The third kappa shape index (κ3) is 5.62. The van der Waals surface area contributed by atoms with Crippen LogP contribution in [0.1, 0.15) is 43.1 Å². The van der Waals surface area contributed by atoms with Crippen LogP contribution in [0.5, 0.6) is 0 Å². The van der Waals surface area contributed by atoms with E-state index in [2.05, 4.69) is 31.4 Å². The number of carbonyl (C=O) groups is 2. The van der Waals surface area contributed by atoms with Crippen LogP contribution in [0.4, 0.5) is 0 Å². The lowest BCUT2D eigenvalue weighted by molar-refractivity contribution is -0.117. The van der Waals surface area contributed by atoms with E-state index in [1.807, 2.05) is 12.1 Å². The predicted octanol–water partition coefficient (Wildman–Crippen LogP) is 2.07. The Labute approximate surface area is 135 Å². The fraction of sp³-hybridized carbons (Fsp3) is 0.375. The molecule has 0 heterocycles. The normalized spacial score (nSPS) is 10.5. The molecule has 0 atom stereocenters. The number of amides is 1. The number of nitriles is 1. The van der Waals surface area contributed by atoms with E-state index in [0.717, 1.165) is 5.56 Å². The lowest BCUT2D eigenvalue weighted by atomic mass is 9.87. The summed E-state index contributed by atoms with van der Waals surface area (Å²) in [7, 11) is 0. The first-order chi connectivity index (χ1) is 10.2. The van der Waals surface area contributed by atoms with Gasteiger partial charge in [0, 0.05) is 5.56 Å². The van der Waals surface area contributed by atoms with E-state index in [1.54, 1.807) is 18.2 Å². The lowest BCUT2D eigenvalue weighted by Gasteiger charge is -2.19. The van der Waals surface area contributed by atoms with E-state index in [0.29, 0.717) is 5.56 Å². The van der Waals surface area contributed by atoms with Gasteiger partial charge in [-0.3, -0.25) is 14.9 Å². The molecule has 0 saturated heterocycles. The average molecular weight is 317 g/mol. The number of hydrogen-bond donors (Lipinski definition) is 2. The molecule has 0 unspecified atom stereocenters. The maximum Gasteiger partial charge on any atom is 0.257 e. The molecular formula is C16H19N3O2S. The molecule has 0 radical (unpaired) electrons. The third-order valence-electron chi connectivity index (χ3n) is 2.96. The number of nitrogens with one attached hydrogen (secondary N) is 2. The van der Waals surface area contributed by atoms with Crippen LogP contribution in [0.3, 0.4) is 0 Å². The Balaban J connectivity index is 2.57. The van der Waals surface area contributed by atoms with Crippen molar-refractivity contribution in [1.29, 1.82) is 5.26 Å². The highest BCUT2D eigenvalue weighted by Gasteiger charge is 2.14. The number of Topliss-reactive ketones (excluding diaryl/α,β-unsaturated/α-hetero) is 1. The molecule has 0 bridgehead atoms. The molecule has 0 aliphatic carbocycles. The number of ketones is 1. The predicted molar refractivity (Wildman–Crippen MR) is 88.4 cm³/mol. The maximum absolute atomic E-state index is 12.0. The summed E-state index contributed by atoms with van der Waals surface area (Å²) in [5.41, 5.74) is 1.64. The van der Waals surface area contributed by atoms with Crippen LogP contribution in [0.15, 0.2) is 24.3 Å². The fourth-order valence-electron chi connectivity index (χ4n) is 1.67. The van der Waals surface area contributed by atoms with Crippen LogP contribution < -0.4 is 10.6 Å². The highest BCUT2D eigenvalue weighted by molar-refractivity contribution is 7.80. The molecule has 0 aromatic heterocycles. The second-order valence-corrected chi connectivity index (χ2v) is 6.25. The Bertz CT molecular complexity index is 610. The Morgan fingerprint density at radius 2 is 1.82 bits per heavy atom. The maximum atomic E-state index is 12.0. The van der Waals surface area contributed by atoms with E-state index in [9.17, 15) is 9.59 Å². The molecule has 0 aliphatic rings. The van der Waals surface area contributed by atoms with Gasteiger partial charge < -0.3 is 5.32 Å². The standard InChI is InChI=1S/C16H19N3O2S/c1-16(2,3)12-6-4-11(5-7-12)14(21)19-15(22)18-10-13(20)8-9-17/h4-7H,8,10H2,1-3H3,(H2,18,19,21,22). The van der Waals surface area contributed by atoms with Gasteiger partial charge in [0.05, 0.1) is 19.0 Å². The zero-order valence-corrected chi connectivity index (χ0v) is 13.7. The number of rotatable bonds is 4. The first-order valence-electron chi connectivity index (χ1n) is 6.82. The number of thiocarbonyl (C=S) groups is 1. The van der Waals surface area contributed by atoms with E-state index in [4.69, 9.17) is 17.5 Å². The largest absolute Gasteiger partial charge is 0.355 e. The van der Waals surface area contributed by atoms with Crippen molar-refractivity contribution < 1.29 is 9.59 Å². The Morgan fingerprint density at radius 1 is 1.23 bits per heavy atom. The molecule has 1 aromatic carbocycles. The van der Waals surface area contributed by atoms with E-state index >= 15 is 0 Å². The number of carbonyl (C=O) groups excluding carboxylic acids is 2. The molecular weight excluding hydrogens is 298 g/mol. The van der Waals surface area contributed by atoms with Gasteiger partial charge in [-0.25, -0.2) is 0 Å². The van der Waals surface area contributed by atoms with E-state index < -0.39 is 0 Å². The van der Waals surface area contributed by atoms with Gasteiger partial charge in [-0.2, -0.15) is 5.26 Å². The van der Waals surface area contributed by atoms with Gasteiger partial charge in [0.25, 0.3) is 5.91 Å². The smallest absolute Gasteiger partial charge is 0.257 e. The topological polar surface area (TPSA) is 82.0 Å². The molecule has 116 valence electrons. The van der Waals surface area contributed by atoms with Gasteiger partial charge in [0.2, 0.25) is 0 Å². The summed E-state index contributed by atoms with van der Waals surface area (Å²) in [5, 5.41) is 13.5. The summed E-state index contributed by atoms with van der Waals surface area (Å²) in [5.74, 6) is -0.626. The monoisotopic (exact) mass is 317 g/mol. The van der Waals surface area contributed by atoms with Crippen molar-refractivity contribution in [2.45, 2.75) is 32.6 Å². The molecule has 0 spiro atoms. The van der Waals surface area contributed by atoms with Crippen LogP contribution in [0.25, 0.3) is 0 Å². The minimum absolute atomic E-state index is 0.0208. The molecule has 0 fully saturated rings. The highest BCUT2D eigenvalue weighted by atomic mass is 32.1. The number of hydrogen-bond acceptors (Lipinski definition) is 4. The molecule has 1 amide bonds. The van der Waals surface area contributed by atoms with E-state index in [1.165, 1.54) is 0 Å². The van der Waals surface area contributed by atoms with Gasteiger partial charge in [0.15, 0.2) is 10.9 Å². The molecule has 1 rings (SSSR count). The molecule has 0 saturated carbocycles. The summed E-state index contributed by atoms with van der Waals surface area (Å²) in [4.78, 5) is 23.2. The summed E-state index contributed by atoms with van der Waals surface area (Å²) in [6.07, 6.45) is -0.183. The summed E-state index contributed by atoms with van der Waals surface area (Å²) in [6, 6.07) is 9.04. The second-order valence-electron chi connectivity index (χ2n) is 5.84. The zero-order chi connectivity index (χ0) is 16.8. The lowest BCUT2D eigenvalue weighted by Crippen LogP contribution is -2.41. The van der Waals surface area contributed by atoms with Crippen molar-refractivity contribution in [3.63, 3.8) is 0 Å². The van der Waals surface area contributed by atoms with E-state index in [-0.39, 0.29) is 35.2 Å². The number of nitrogens with zero attached hydrogens (tertiary/aromatic N) is 1. The van der Waals surface area contributed by atoms with Gasteiger partial charge in [-0.1, -0.05) is 32.9 Å². The van der Waals surface area contributed by atoms with Crippen LogP contribution in [0.2, 0.25) is 0 Å². The number of benzene rings is 1. The Hall–Kier alpha value is -2.26. The summed E-state index contributed by atoms with van der Waals surface area (Å²) in [6.45, 7) is 6.22. The second kappa shape index (κ2) is 7.66. The minimum Gasteiger partial charge on any atom is -0.355 e. The van der Waals surface area contributed by atoms with Crippen molar-refractivity contribution >= 4 is 29.0 Å². The van der Waals surface area contributed by atoms with Gasteiger partial charge in [-0.05, 0) is 35.3 Å². The van der Waals surface area contributed by atoms with Crippen LogP contribution in [-0.4, -0.2) is 23.3 Å². The minimum atomic E-state index is -0.342. The van der Waals surface area contributed by atoms with Crippen molar-refractivity contribution in [2.24, 2.45) is 0 Å². The van der Waals surface area contributed by atoms with Crippen molar-refractivity contribution in [2.75, 3.05) is 6.54 Å².